The Bertz CT molecular complexity index is 429. The first kappa shape index (κ1) is 14.2. The Labute approximate surface area is 114 Å². The van der Waals surface area contributed by atoms with Crippen LogP contribution in [0.2, 0.25) is 0 Å². The molecule has 0 saturated carbocycles. The highest BCUT2D eigenvalue weighted by molar-refractivity contribution is 14.1. The van der Waals surface area contributed by atoms with Crippen LogP contribution in [0.5, 0.6) is 0 Å². The van der Waals surface area contributed by atoms with E-state index in [-0.39, 0.29) is 5.69 Å². The van der Waals surface area contributed by atoms with E-state index in [1.807, 2.05) is 34.5 Å². The van der Waals surface area contributed by atoms with Crippen LogP contribution in [0.25, 0.3) is 0 Å². The maximum Gasteiger partial charge on any atom is 0.282 e. The molecule has 0 saturated heterocycles. The van der Waals surface area contributed by atoms with Crippen molar-refractivity contribution in [3.8, 4) is 0 Å². The molecule has 1 aromatic carbocycles. The lowest BCUT2D eigenvalue weighted by Crippen LogP contribution is -2.36. The summed E-state index contributed by atoms with van der Waals surface area (Å²) >= 11 is 1.94. The highest BCUT2D eigenvalue weighted by Crippen LogP contribution is 2.26. The number of nitro groups is 1. The Morgan fingerprint density at radius 1 is 1.53 bits per heavy atom. The van der Waals surface area contributed by atoms with Crippen LogP contribution in [-0.2, 0) is 0 Å². The first-order chi connectivity index (χ1) is 7.70. The quantitative estimate of drug-likeness (QED) is 0.515. The molecule has 0 bridgehead atoms. The molecule has 1 aromatic rings. The Morgan fingerprint density at radius 2 is 2.12 bits per heavy atom. The number of halogens is 1. The summed E-state index contributed by atoms with van der Waals surface area (Å²) in [6.07, 6.45) is 0. The normalized spacial score (nSPS) is 11.4. The van der Waals surface area contributed by atoms with E-state index in [0.29, 0.717) is 10.1 Å². The van der Waals surface area contributed by atoms with Crippen molar-refractivity contribution in [1.82, 2.24) is 0 Å². The number of nitro benzene ring substituents is 1. The maximum absolute atomic E-state index is 10.7. The zero-order valence-corrected chi connectivity index (χ0v) is 12.1. The zero-order chi connectivity index (χ0) is 13.2. The van der Waals surface area contributed by atoms with E-state index in [9.17, 15) is 15.2 Å². The van der Waals surface area contributed by atoms with Crippen LogP contribution < -0.4 is 4.90 Å². The second-order valence-corrected chi connectivity index (χ2v) is 5.72. The van der Waals surface area contributed by atoms with Gasteiger partial charge in [0.25, 0.3) is 5.69 Å². The molecule has 0 aliphatic carbocycles. The highest BCUT2D eigenvalue weighted by Gasteiger charge is 2.18. The smallest absolute Gasteiger partial charge is 0.282 e. The number of benzene rings is 1. The minimum absolute atomic E-state index is 0.103. The van der Waals surface area contributed by atoms with E-state index in [1.165, 1.54) is 6.07 Å². The number of anilines is 1. The van der Waals surface area contributed by atoms with Crippen LogP contribution in [0.4, 0.5) is 11.4 Å². The third kappa shape index (κ3) is 4.12. The first-order valence-electron chi connectivity index (χ1n) is 5.08. The molecule has 5 nitrogen and oxygen atoms in total. The minimum Gasteiger partial charge on any atom is -0.389 e. The van der Waals surface area contributed by atoms with Gasteiger partial charge in [-0.3, -0.25) is 10.1 Å². The third-order valence-electron chi connectivity index (χ3n) is 2.19. The van der Waals surface area contributed by atoms with Crippen molar-refractivity contribution in [2.45, 2.75) is 19.4 Å². The number of aliphatic hydroxyl groups is 1. The molecule has 0 aromatic heterocycles. The number of likely N-dealkylation sites (N-methyl/N-ethyl adjacent to an activating group) is 1. The Balaban J connectivity index is 2.94. The molecule has 94 valence electrons. The van der Waals surface area contributed by atoms with E-state index < -0.39 is 10.5 Å². The van der Waals surface area contributed by atoms with Crippen LogP contribution in [-0.4, -0.2) is 29.2 Å². The molecule has 1 rings (SSSR count). The fraction of sp³-hybridized carbons (Fsp3) is 0.455. The van der Waals surface area contributed by atoms with Gasteiger partial charge in [0.15, 0.2) is 0 Å². The van der Waals surface area contributed by atoms with Crippen LogP contribution in [0.1, 0.15) is 13.8 Å². The summed E-state index contributed by atoms with van der Waals surface area (Å²) in [6, 6.07) is 4.91. The van der Waals surface area contributed by atoms with E-state index in [2.05, 4.69) is 0 Å². The molecule has 6 heteroatoms. The lowest BCUT2D eigenvalue weighted by atomic mass is 10.1. The van der Waals surface area contributed by atoms with Crippen molar-refractivity contribution in [1.29, 1.82) is 0 Å². The number of hydrogen-bond acceptors (Lipinski definition) is 4. The standard InChI is InChI=1S/C11H15IN2O3/c1-11(2,15)7-13(3)8-4-5-10(14(16)17)9(12)6-8/h4-6,15H,7H2,1-3H3. The molecule has 0 aliphatic rings. The number of hydrogen-bond donors (Lipinski definition) is 1. The van der Waals surface area contributed by atoms with Gasteiger partial charge in [0.1, 0.15) is 0 Å². The molecule has 0 amide bonds. The second-order valence-electron chi connectivity index (χ2n) is 4.56. The Morgan fingerprint density at radius 3 is 2.53 bits per heavy atom. The van der Waals surface area contributed by atoms with Crippen molar-refractivity contribution < 1.29 is 10.0 Å². The lowest BCUT2D eigenvalue weighted by Gasteiger charge is -2.27. The van der Waals surface area contributed by atoms with E-state index in [0.717, 1.165) is 5.69 Å². The van der Waals surface area contributed by atoms with Crippen LogP contribution in [0, 0.1) is 13.7 Å². The van der Waals surface area contributed by atoms with Gasteiger partial charge in [-0.1, -0.05) is 0 Å². The van der Waals surface area contributed by atoms with Crippen LogP contribution in [0.15, 0.2) is 18.2 Å². The molecule has 17 heavy (non-hydrogen) atoms. The molecule has 0 fully saturated rings. The van der Waals surface area contributed by atoms with Crippen molar-refractivity contribution in [2.24, 2.45) is 0 Å². The van der Waals surface area contributed by atoms with Gasteiger partial charge in [-0.15, -0.1) is 0 Å². The second kappa shape index (κ2) is 5.18. The van der Waals surface area contributed by atoms with Gasteiger partial charge in [0, 0.05) is 25.3 Å². The summed E-state index contributed by atoms with van der Waals surface area (Å²) in [4.78, 5) is 12.1. The lowest BCUT2D eigenvalue weighted by molar-refractivity contribution is -0.385. The minimum atomic E-state index is -0.804. The summed E-state index contributed by atoms with van der Waals surface area (Å²) in [6.45, 7) is 3.90. The predicted octanol–water partition coefficient (Wildman–Crippen LogP) is 2.41. The number of nitrogens with zero attached hydrogens (tertiary/aromatic N) is 2. The summed E-state index contributed by atoms with van der Waals surface area (Å²) in [5.41, 5.74) is 0.148. The van der Waals surface area contributed by atoms with Crippen molar-refractivity contribution in [2.75, 3.05) is 18.5 Å². The fourth-order valence-corrected chi connectivity index (χ4v) is 2.25. The van der Waals surface area contributed by atoms with E-state index >= 15 is 0 Å². The monoisotopic (exact) mass is 350 g/mol. The molecule has 0 radical (unpaired) electrons. The Hall–Kier alpha value is -0.890. The topological polar surface area (TPSA) is 66.6 Å². The third-order valence-corrected chi connectivity index (χ3v) is 3.06. The van der Waals surface area contributed by atoms with Crippen LogP contribution >= 0.6 is 22.6 Å². The molecule has 0 heterocycles. The number of rotatable bonds is 4. The van der Waals surface area contributed by atoms with Crippen LogP contribution in [0.3, 0.4) is 0 Å². The molecular weight excluding hydrogens is 335 g/mol. The fourth-order valence-electron chi connectivity index (χ4n) is 1.55. The average Bonchev–Trinajstić information content (AvgIpc) is 2.14. The first-order valence-corrected chi connectivity index (χ1v) is 6.16. The molecule has 0 unspecified atom stereocenters. The molecule has 0 atom stereocenters. The maximum atomic E-state index is 10.7. The van der Waals surface area contributed by atoms with Crippen molar-refractivity contribution in [3.63, 3.8) is 0 Å². The molecule has 0 spiro atoms. The summed E-state index contributed by atoms with van der Waals surface area (Å²) in [5.74, 6) is 0. The predicted molar refractivity (Wildman–Crippen MR) is 75.4 cm³/mol. The van der Waals surface area contributed by atoms with E-state index in [4.69, 9.17) is 0 Å². The zero-order valence-electron chi connectivity index (χ0n) is 9.98. The van der Waals surface area contributed by atoms with Gasteiger partial charge < -0.3 is 10.0 Å². The van der Waals surface area contributed by atoms with Gasteiger partial charge in [-0.05, 0) is 48.6 Å². The van der Waals surface area contributed by atoms with Gasteiger partial charge >= 0.3 is 0 Å². The summed E-state index contributed by atoms with van der Waals surface area (Å²) in [7, 11) is 1.84. The summed E-state index contributed by atoms with van der Waals surface area (Å²) < 4.78 is 0.590. The molecule has 1 N–H and O–H groups in total. The molecule has 0 aliphatic heterocycles. The van der Waals surface area contributed by atoms with E-state index in [1.54, 1.807) is 26.0 Å². The highest BCUT2D eigenvalue weighted by atomic mass is 127. The summed E-state index contributed by atoms with van der Waals surface area (Å²) in [5, 5.41) is 20.4. The van der Waals surface area contributed by atoms with Crippen molar-refractivity contribution >= 4 is 34.0 Å². The Kier molecular flexibility index (Phi) is 4.31. The average molecular weight is 350 g/mol. The van der Waals surface area contributed by atoms with Gasteiger partial charge in [0.2, 0.25) is 0 Å². The van der Waals surface area contributed by atoms with Gasteiger partial charge in [-0.25, -0.2) is 0 Å². The largest absolute Gasteiger partial charge is 0.389 e. The van der Waals surface area contributed by atoms with Gasteiger partial charge in [-0.2, -0.15) is 0 Å². The SMILES string of the molecule is CN(CC(C)(C)O)c1ccc([N+](=O)[O-])c(I)c1. The van der Waals surface area contributed by atoms with Crippen molar-refractivity contribution in [3.05, 3.63) is 31.9 Å². The molecular formula is C11H15IN2O3. The van der Waals surface area contributed by atoms with Gasteiger partial charge in [0.05, 0.1) is 14.1 Å².